The molecule has 0 unspecified atom stereocenters. The number of carbonyl (C=O) groups is 2. The standard InChI is InChI=1S/C22H32O4/c1-12(2)7-6-8-13(3)20-18-11-25-22(24)21(18)17-10-16(17)14(4)9-19(20)26-15(5)23/h7,13-14,16-17,19-20H,6,8-11H2,1-5H3/t13-,14+,16-,17-,19+,20-/m1/s1. The molecule has 1 heterocycles. The normalized spacial score (nSPS) is 34.0. The fourth-order valence-corrected chi connectivity index (χ4v) is 5.04. The summed E-state index contributed by atoms with van der Waals surface area (Å²) in [6.07, 6.45) is 6.06. The molecule has 1 saturated carbocycles. The van der Waals surface area contributed by atoms with Crippen molar-refractivity contribution in [1.82, 2.24) is 0 Å². The van der Waals surface area contributed by atoms with Crippen LogP contribution in [-0.4, -0.2) is 24.6 Å². The molecule has 0 aromatic rings. The van der Waals surface area contributed by atoms with E-state index in [-0.39, 0.29) is 24.0 Å². The van der Waals surface area contributed by atoms with Crippen molar-refractivity contribution in [1.29, 1.82) is 0 Å². The molecule has 144 valence electrons. The zero-order chi connectivity index (χ0) is 19.0. The smallest absolute Gasteiger partial charge is 0.334 e. The maximum absolute atomic E-state index is 12.4. The zero-order valence-electron chi connectivity index (χ0n) is 16.7. The molecule has 0 bridgehead atoms. The Morgan fingerprint density at radius 3 is 2.69 bits per heavy atom. The van der Waals surface area contributed by atoms with Crippen molar-refractivity contribution in [2.45, 2.75) is 66.4 Å². The van der Waals surface area contributed by atoms with Crippen LogP contribution in [0.25, 0.3) is 0 Å². The van der Waals surface area contributed by atoms with E-state index in [1.54, 1.807) is 0 Å². The lowest BCUT2D eigenvalue weighted by atomic mass is 9.73. The molecule has 26 heavy (non-hydrogen) atoms. The number of carbonyl (C=O) groups excluding carboxylic acids is 2. The Morgan fingerprint density at radius 1 is 1.31 bits per heavy atom. The molecule has 3 aliphatic rings. The second-order valence-electron chi connectivity index (χ2n) is 8.74. The highest BCUT2D eigenvalue weighted by atomic mass is 16.5. The molecule has 0 N–H and O–H groups in total. The molecular formula is C22H32O4. The summed E-state index contributed by atoms with van der Waals surface area (Å²) in [6.45, 7) is 10.5. The van der Waals surface area contributed by atoms with Gasteiger partial charge < -0.3 is 9.47 Å². The van der Waals surface area contributed by atoms with Crippen molar-refractivity contribution >= 4 is 11.9 Å². The van der Waals surface area contributed by atoms with Crippen LogP contribution >= 0.6 is 0 Å². The predicted molar refractivity (Wildman–Crippen MR) is 100 cm³/mol. The number of fused-ring (bicyclic) bond motifs is 2. The Bertz CT molecular complexity index is 641. The molecule has 0 radical (unpaired) electrons. The second-order valence-corrected chi connectivity index (χ2v) is 8.74. The SMILES string of the molecule is CC(=O)O[C@H]1C[C@H](C)[C@H]2C[C@H]2C2=C(COC2=O)[C@H]1[C@H](C)CCC=C(C)C. The number of esters is 2. The van der Waals surface area contributed by atoms with Gasteiger partial charge in [0.05, 0.1) is 0 Å². The summed E-state index contributed by atoms with van der Waals surface area (Å²) in [6, 6.07) is 0. The lowest BCUT2D eigenvalue weighted by Crippen LogP contribution is -2.36. The van der Waals surface area contributed by atoms with Gasteiger partial charge in [0.25, 0.3) is 0 Å². The van der Waals surface area contributed by atoms with E-state index in [9.17, 15) is 9.59 Å². The van der Waals surface area contributed by atoms with Gasteiger partial charge >= 0.3 is 11.9 Å². The van der Waals surface area contributed by atoms with E-state index in [1.165, 1.54) is 12.5 Å². The summed E-state index contributed by atoms with van der Waals surface area (Å²) in [5.41, 5.74) is 3.35. The third-order valence-corrected chi connectivity index (χ3v) is 6.38. The highest BCUT2D eigenvalue weighted by Gasteiger charge is 2.53. The van der Waals surface area contributed by atoms with Crippen LogP contribution in [0.5, 0.6) is 0 Å². The average molecular weight is 360 g/mol. The average Bonchev–Trinajstić information content (AvgIpc) is 3.22. The summed E-state index contributed by atoms with van der Waals surface area (Å²) in [4.78, 5) is 24.2. The van der Waals surface area contributed by atoms with Crippen molar-refractivity contribution in [3.05, 3.63) is 22.8 Å². The minimum atomic E-state index is -0.232. The molecule has 4 nitrogen and oxygen atoms in total. The van der Waals surface area contributed by atoms with Gasteiger partial charge in [-0.05, 0) is 68.8 Å². The van der Waals surface area contributed by atoms with Gasteiger partial charge in [-0.15, -0.1) is 0 Å². The van der Waals surface area contributed by atoms with Crippen LogP contribution in [0.4, 0.5) is 0 Å². The van der Waals surface area contributed by atoms with Crippen molar-refractivity contribution in [3.63, 3.8) is 0 Å². The van der Waals surface area contributed by atoms with Crippen LogP contribution in [0.1, 0.15) is 60.3 Å². The van der Waals surface area contributed by atoms with Crippen molar-refractivity contribution < 1.29 is 19.1 Å². The van der Waals surface area contributed by atoms with Crippen molar-refractivity contribution in [2.75, 3.05) is 6.61 Å². The number of allylic oxidation sites excluding steroid dienone is 2. The first-order valence-corrected chi connectivity index (χ1v) is 10.00. The van der Waals surface area contributed by atoms with Gasteiger partial charge in [0.2, 0.25) is 0 Å². The minimum absolute atomic E-state index is 0.0786. The van der Waals surface area contributed by atoms with Gasteiger partial charge in [-0.3, -0.25) is 4.79 Å². The Kier molecular flexibility index (Phi) is 5.59. The van der Waals surface area contributed by atoms with E-state index in [2.05, 4.69) is 33.8 Å². The van der Waals surface area contributed by atoms with E-state index >= 15 is 0 Å². The largest absolute Gasteiger partial charge is 0.462 e. The van der Waals surface area contributed by atoms with E-state index < -0.39 is 0 Å². The highest BCUT2D eigenvalue weighted by Crippen LogP contribution is 2.56. The molecule has 0 aromatic heterocycles. The lowest BCUT2D eigenvalue weighted by molar-refractivity contribution is -0.150. The molecule has 4 heteroatoms. The molecule has 3 rings (SSSR count). The second kappa shape index (κ2) is 7.58. The molecule has 0 saturated heterocycles. The number of cyclic esters (lactones) is 1. The fourth-order valence-electron chi connectivity index (χ4n) is 5.04. The van der Waals surface area contributed by atoms with E-state index in [4.69, 9.17) is 9.47 Å². The van der Waals surface area contributed by atoms with Gasteiger partial charge in [-0.2, -0.15) is 0 Å². The Balaban J connectivity index is 1.93. The summed E-state index contributed by atoms with van der Waals surface area (Å²) in [5.74, 6) is 1.39. The quantitative estimate of drug-likeness (QED) is 0.537. The van der Waals surface area contributed by atoms with E-state index in [0.29, 0.717) is 30.3 Å². The molecule has 1 aliphatic heterocycles. The molecule has 0 spiro atoms. The van der Waals surface area contributed by atoms with Crippen LogP contribution in [-0.2, 0) is 19.1 Å². The molecule has 6 atom stereocenters. The summed E-state index contributed by atoms with van der Waals surface area (Å²) < 4.78 is 11.3. The highest BCUT2D eigenvalue weighted by molar-refractivity contribution is 5.93. The third-order valence-electron chi connectivity index (χ3n) is 6.38. The first kappa shape index (κ1) is 19.2. The van der Waals surface area contributed by atoms with Crippen LogP contribution in [0.3, 0.4) is 0 Å². The molecule has 1 fully saturated rings. The lowest BCUT2D eigenvalue weighted by Gasteiger charge is -2.35. The topological polar surface area (TPSA) is 52.6 Å². The summed E-state index contributed by atoms with van der Waals surface area (Å²) in [5, 5.41) is 0. The first-order chi connectivity index (χ1) is 12.3. The number of hydrogen-bond donors (Lipinski definition) is 0. The van der Waals surface area contributed by atoms with Crippen LogP contribution < -0.4 is 0 Å². The molecule has 0 amide bonds. The molecule has 2 aliphatic carbocycles. The van der Waals surface area contributed by atoms with Crippen LogP contribution in [0, 0.1) is 29.6 Å². The van der Waals surface area contributed by atoms with Crippen LogP contribution in [0.15, 0.2) is 22.8 Å². The maximum atomic E-state index is 12.4. The van der Waals surface area contributed by atoms with Crippen molar-refractivity contribution in [3.8, 4) is 0 Å². The fraction of sp³-hybridized carbons (Fsp3) is 0.727. The van der Waals surface area contributed by atoms with Gasteiger partial charge in [0.1, 0.15) is 12.7 Å². The van der Waals surface area contributed by atoms with Gasteiger partial charge in [-0.25, -0.2) is 4.79 Å². The first-order valence-electron chi connectivity index (χ1n) is 10.00. The van der Waals surface area contributed by atoms with Crippen LogP contribution in [0.2, 0.25) is 0 Å². The van der Waals surface area contributed by atoms with Gasteiger partial charge in [-0.1, -0.05) is 25.5 Å². The van der Waals surface area contributed by atoms with Gasteiger partial charge in [0, 0.05) is 18.4 Å². The third kappa shape index (κ3) is 3.89. The summed E-state index contributed by atoms with van der Waals surface area (Å²) in [7, 11) is 0. The van der Waals surface area contributed by atoms with E-state index in [1.807, 2.05) is 0 Å². The molecular weight excluding hydrogens is 328 g/mol. The maximum Gasteiger partial charge on any atom is 0.334 e. The Morgan fingerprint density at radius 2 is 2.04 bits per heavy atom. The minimum Gasteiger partial charge on any atom is -0.462 e. The monoisotopic (exact) mass is 360 g/mol. The van der Waals surface area contributed by atoms with Gasteiger partial charge in [0.15, 0.2) is 0 Å². The molecule has 0 aromatic carbocycles. The zero-order valence-corrected chi connectivity index (χ0v) is 16.7. The van der Waals surface area contributed by atoms with Crippen molar-refractivity contribution in [2.24, 2.45) is 29.6 Å². The number of hydrogen-bond acceptors (Lipinski definition) is 4. The Hall–Kier alpha value is -1.58. The Labute approximate surface area is 157 Å². The number of ether oxygens (including phenoxy) is 2. The number of rotatable bonds is 5. The predicted octanol–water partition coefficient (Wildman–Crippen LogP) is 4.45. The summed E-state index contributed by atoms with van der Waals surface area (Å²) >= 11 is 0. The van der Waals surface area contributed by atoms with E-state index in [0.717, 1.165) is 36.8 Å².